The molecule has 0 fully saturated rings. The highest BCUT2D eigenvalue weighted by Crippen LogP contribution is 2.38. The minimum atomic E-state index is -4.83. The van der Waals surface area contributed by atoms with Crippen molar-refractivity contribution in [2.75, 3.05) is 0 Å². The van der Waals surface area contributed by atoms with Crippen LogP contribution in [-0.2, 0) is 5.60 Å². The zero-order chi connectivity index (χ0) is 21.1. The fraction of sp³-hybridized carbons (Fsp3) is 0.143. The lowest BCUT2D eigenvalue weighted by molar-refractivity contribution is -0.258. The van der Waals surface area contributed by atoms with Crippen LogP contribution in [-0.4, -0.2) is 22.2 Å². The highest BCUT2D eigenvalue weighted by molar-refractivity contribution is 5.91. The standard InChI is InChI=1S/C21H16F3NO4/c1-20(27,21(22,23)24)15-6-10-17(11-7-15)29-19(26)14-4-8-16(9-5-14)28-18-3-2-12-25-13-18/h2-13,27H,1H3. The number of nitrogens with zero attached hydrogens (tertiary/aromatic N) is 1. The first-order valence-electron chi connectivity index (χ1n) is 8.46. The molecule has 0 bridgehead atoms. The Hall–Kier alpha value is -3.39. The third-order valence-electron chi connectivity index (χ3n) is 4.14. The lowest BCUT2D eigenvalue weighted by atomic mass is 9.95. The van der Waals surface area contributed by atoms with Crippen LogP contribution in [0.15, 0.2) is 73.1 Å². The molecule has 0 spiro atoms. The molecule has 1 atom stereocenters. The number of halogens is 3. The van der Waals surface area contributed by atoms with Crippen LogP contribution >= 0.6 is 0 Å². The molecule has 1 unspecified atom stereocenters. The number of ether oxygens (including phenoxy) is 2. The summed E-state index contributed by atoms with van der Waals surface area (Å²) in [4.78, 5) is 16.2. The number of hydrogen-bond acceptors (Lipinski definition) is 5. The molecule has 150 valence electrons. The van der Waals surface area contributed by atoms with Crippen LogP contribution in [0.2, 0.25) is 0 Å². The van der Waals surface area contributed by atoms with E-state index < -0.39 is 17.7 Å². The molecule has 0 saturated carbocycles. The van der Waals surface area contributed by atoms with E-state index >= 15 is 0 Å². The molecule has 1 aromatic heterocycles. The van der Waals surface area contributed by atoms with E-state index in [1.807, 2.05) is 0 Å². The summed E-state index contributed by atoms with van der Waals surface area (Å²) < 4.78 is 49.3. The Labute approximate surface area is 164 Å². The second-order valence-electron chi connectivity index (χ2n) is 6.30. The number of esters is 1. The first kappa shape index (κ1) is 20.3. The third-order valence-corrected chi connectivity index (χ3v) is 4.14. The average molecular weight is 403 g/mol. The van der Waals surface area contributed by atoms with Crippen LogP contribution in [0.25, 0.3) is 0 Å². The first-order valence-corrected chi connectivity index (χ1v) is 8.46. The zero-order valence-corrected chi connectivity index (χ0v) is 15.2. The van der Waals surface area contributed by atoms with Crippen molar-refractivity contribution in [1.82, 2.24) is 4.98 Å². The predicted molar refractivity (Wildman–Crippen MR) is 97.8 cm³/mol. The van der Waals surface area contributed by atoms with Crippen molar-refractivity contribution in [2.45, 2.75) is 18.7 Å². The number of hydrogen-bond donors (Lipinski definition) is 1. The van der Waals surface area contributed by atoms with Crippen molar-refractivity contribution in [3.05, 3.63) is 84.2 Å². The maximum atomic E-state index is 12.9. The van der Waals surface area contributed by atoms with Crippen LogP contribution in [0.4, 0.5) is 13.2 Å². The van der Waals surface area contributed by atoms with Gasteiger partial charge in [0.2, 0.25) is 0 Å². The number of alkyl halides is 3. The number of rotatable bonds is 5. The molecule has 1 heterocycles. The second-order valence-corrected chi connectivity index (χ2v) is 6.30. The van der Waals surface area contributed by atoms with E-state index in [0.29, 0.717) is 18.4 Å². The van der Waals surface area contributed by atoms with Gasteiger partial charge in [0.15, 0.2) is 5.60 Å². The normalized spacial score (nSPS) is 13.4. The number of pyridine rings is 1. The summed E-state index contributed by atoms with van der Waals surface area (Å²) in [6, 6.07) is 14.1. The topological polar surface area (TPSA) is 68.7 Å². The quantitative estimate of drug-likeness (QED) is 0.487. The monoisotopic (exact) mass is 403 g/mol. The van der Waals surface area contributed by atoms with Gasteiger partial charge < -0.3 is 14.6 Å². The fourth-order valence-electron chi connectivity index (χ4n) is 2.38. The predicted octanol–water partition coefficient (Wildman–Crippen LogP) is 4.86. The maximum Gasteiger partial charge on any atom is 0.421 e. The number of aromatic nitrogens is 1. The summed E-state index contributed by atoms with van der Waals surface area (Å²) in [5.74, 6) is 0.395. The molecule has 0 aliphatic carbocycles. The Morgan fingerprint density at radius 1 is 0.931 bits per heavy atom. The summed E-state index contributed by atoms with van der Waals surface area (Å²) in [5, 5.41) is 9.66. The molecule has 0 amide bonds. The summed E-state index contributed by atoms with van der Waals surface area (Å²) in [5.41, 5.74) is -3.13. The van der Waals surface area contributed by atoms with Crippen LogP contribution < -0.4 is 9.47 Å². The summed E-state index contributed by atoms with van der Waals surface area (Å²) in [7, 11) is 0. The molecule has 0 aliphatic heterocycles. The lowest BCUT2D eigenvalue weighted by Crippen LogP contribution is -2.39. The van der Waals surface area contributed by atoms with Gasteiger partial charge in [-0.25, -0.2) is 4.79 Å². The van der Waals surface area contributed by atoms with E-state index in [4.69, 9.17) is 9.47 Å². The van der Waals surface area contributed by atoms with E-state index in [9.17, 15) is 23.1 Å². The Morgan fingerprint density at radius 3 is 2.10 bits per heavy atom. The summed E-state index contributed by atoms with van der Waals surface area (Å²) in [6.45, 7) is 0.656. The third kappa shape index (κ3) is 4.72. The molecule has 2 aromatic carbocycles. The zero-order valence-electron chi connectivity index (χ0n) is 15.2. The SMILES string of the molecule is CC(O)(c1ccc(OC(=O)c2ccc(Oc3cccnc3)cc2)cc1)C(F)(F)F. The van der Waals surface area contributed by atoms with Crippen LogP contribution in [0.1, 0.15) is 22.8 Å². The number of aliphatic hydroxyl groups is 1. The van der Waals surface area contributed by atoms with Crippen LogP contribution in [0.3, 0.4) is 0 Å². The van der Waals surface area contributed by atoms with Crippen LogP contribution in [0, 0.1) is 0 Å². The first-order chi connectivity index (χ1) is 13.7. The minimum Gasteiger partial charge on any atom is -0.456 e. The van der Waals surface area contributed by atoms with Crippen molar-refractivity contribution >= 4 is 5.97 Å². The van der Waals surface area contributed by atoms with Crippen molar-refractivity contribution in [1.29, 1.82) is 0 Å². The van der Waals surface area contributed by atoms with Gasteiger partial charge >= 0.3 is 12.1 Å². The summed E-state index contributed by atoms with van der Waals surface area (Å²) >= 11 is 0. The van der Waals surface area contributed by atoms with Crippen molar-refractivity contribution < 1.29 is 32.5 Å². The van der Waals surface area contributed by atoms with Gasteiger partial charge in [-0.3, -0.25) is 4.98 Å². The molecule has 0 radical (unpaired) electrons. The van der Waals surface area contributed by atoms with Crippen molar-refractivity contribution in [2.24, 2.45) is 0 Å². The average Bonchev–Trinajstić information content (AvgIpc) is 2.69. The Kier molecular flexibility index (Phi) is 5.56. The largest absolute Gasteiger partial charge is 0.456 e. The molecule has 3 rings (SSSR count). The summed E-state index contributed by atoms with van der Waals surface area (Å²) in [6.07, 6.45) is -1.67. The molecular formula is C21H16F3NO4. The number of benzene rings is 2. The fourth-order valence-corrected chi connectivity index (χ4v) is 2.38. The van der Waals surface area contributed by atoms with E-state index in [-0.39, 0.29) is 16.9 Å². The van der Waals surface area contributed by atoms with E-state index in [1.165, 1.54) is 24.3 Å². The number of carbonyl (C=O) groups excluding carboxylic acids is 1. The highest BCUT2D eigenvalue weighted by atomic mass is 19.4. The molecule has 3 aromatic rings. The van der Waals surface area contributed by atoms with Gasteiger partial charge in [0.25, 0.3) is 0 Å². The number of carbonyl (C=O) groups is 1. The molecule has 29 heavy (non-hydrogen) atoms. The van der Waals surface area contributed by atoms with Gasteiger partial charge in [0, 0.05) is 6.20 Å². The molecule has 1 N–H and O–H groups in total. The molecule has 5 nitrogen and oxygen atoms in total. The van der Waals surface area contributed by atoms with E-state index in [2.05, 4.69) is 4.98 Å². The van der Waals surface area contributed by atoms with Crippen LogP contribution in [0.5, 0.6) is 17.2 Å². The minimum absolute atomic E-state index is 0.0485. The van der Waals surface area contributed by atoms with Gasteiger partial charge in [-0.2, -0.15) is 13.2 Å². The van der Waals surface area contributed by atoms with Gasteiger partial charge in [-0.15, -0.1) is 0 Å². The van der Waals surface area contributed by atoms with Gasteiger partial charge in [0.05, 0.1) is 11.8 Å². The van der Waals surface area contributed by atoms with E-state index in [1.54, 1.807) is 36.7 Å². The van der Waals surface area contributed by atoms with Crippen molar-refractivity contribution in [3.8, 4) is 17.2 Å². The molecule has 8 heteroatoms. The van der Waals surface area contributed by atoms with Gasteiger partial charge in [0.1, 0.15) is 17.2 Å². The Balaban J connectivity index is 1.66. The van der Waals surface area contributed by atoms with Gasteiger partial charge in [-0.1, -0.05) is 12.1 Å². The van der Waals surface area contributed by atoms with E-state index in [0.717, 1.165) is 12.1 Å². The Bertz CT molecular complexity index is 970. The highest BCUT2D eigenvalue weighted by Gasteiger charge is 2.51. The smallest absolute Gasteiger partial charge is 0.421 e. The maximum absolute atomic E-state index is 12.9. The second kappa shape index (κ2) is 7.92. The molecular weight excluding hydrogens is 387 g/mol. The van der Waals surface area contributed by atoms with Gasteiger partial charge in [-0.05, 0) is 61.0 Å². The lowest BCUT2D eigenvalue weighted by Gasteiger charge is -2.26. The van der Waals surface area contributed by atoms with Crippen molar-refractivity contribution in [3.63, 3.8) is 0 Å². The Morgan fingerprint density at radius 2 is 1.55 bits per heavy atom. The molecule has 0 saturated heterocycles. The molecule has 0 aliphatic rings.